The van der Waals surface area contributed by atoms with Gasteiger partial charge < -0.3 is 15.2 Å². The highest BCUT2D eigenvalue weighted by atomic mass is 16.5. The Morgan fingerprint density at radius 2 is 2.10 bits per heavy atom. The standard InChI is InChI=1S/C16H21NO4/c1-2-16(15(19)20,13-8-4-3-5-9-13)17-14(18)12-7-6-10-21-11-12/h3-5,8-9,12H,2,6-7,10-11H2,1H3,(H,17,18)(H,19,20)/t12-,16+/m0/s1. The third kappa shape index (κ3) is 3.24. The smallest absolute Gasteiger partial charge is 0.334 e. The molecule has 0 unspecified atom stereocenters. The number of ether oxygens (including phenoxy) is 1. The largest absolute Gasteiger partial charge is 0.479 e. The fraction of sp³-hybridized carbons (Fsp3) is 0.500. The molecule has 0 aromatic heterocycles. The number of carbonyl (C=O) groups is 2. The summed E-state index contributed by atoms with van der Waals surface area (Å²) in [6, 6.07) is 8.84. The van der Waals surface area contributed by atoms with E-state index in [1.807, 2.05) is 6.07 Å². The van der Waals surface area contributed by atoms with E-state index in [0.717, 1.165) is 12.8 Å². The molecule has 1 amide bonds. The minimum atomic E-state index is -1.38. The van der Waals surface area contributed by atoms with Gasteiger partial charge in [0.25, 0.3) is 0 Å². The van der Waals surface area contributed by atoms with Crippen molar-refractivity contribution in [2.24, 2.45) is 5.92 Å². The molecular formula is C16H21NO4. The van der Waals surface area contributed by atoms with E-state index in [9.17, 15) is 14.7 Å². The minimum absolute atomic E-state index is 0.247. The number of rotatable bonds is 5. The molecule has 2 rings (SSSR count). The van der Waals surface area contributed by atoms with Gasteiger partial charge in [-0.3, -0.25) is 4.79 Å². The summed E-state index contributed by atoms with van der Waals surface area (Å²) < 4.78 is 5.31. The molecular weight excluding hydrogens is 270 g/mol. The van der Waals surface area contributed by atoms with E-state index in [1.165, 1.54) is 0 Å². The van der Waals surface area contributed by atoms with Crippen molar-refractivity contribution in [3.8, 4) is 0 Å². The van der Waals surface area contributed by atoms with Crippen molar-refractivity contribution in [1.82, 2.24) is 5.32 Å². The molecule has 5 heteroatoms. The Hall–Kier alpha value is -1.88. The summed E-state index contributed by atoms with van der Waals surface area (Å²) >= 11 is 0. The van der Waals surface area contributed by atoms with Crippen molar-refractivity contribution in [1.29, 1.82) is 0 Å². The molecule has 0 saturated carbocycles. The highest BCUT2D eigenvalue weighted by molar-refractivity contribution is 5.89. The summed E-state index contributed by atoms with van der Waals surface area (Å²) in [5.41, 5.74) is -0.791. The lowest BCUT2D eigenvalue weighted by molar-refractivity contribution is -0.150. The first-order chi connectivity index (χ1) is 10.1. The number of nitrogens with one attached hydrogen (secondary N) is 1. The summed E-state index contributed by atoms with van der Waals surface area (Å²) in [6.07, 6.45) is 1.85. The van der Waals surface area contributed by atoms with Gasteiger partial charge in [-0.05, 0) is 24.8 Å². The molecule has 1 fully saturated rings. The van der Waals surface area contributed by atoms with E-state index < -0.39 is 11.5 Å². The lowest BCUT2D eigenvalue weighted by Crippen LogP contribution is -2.53. The predicted octanol–water partition coefficient (Wildman–Crippen LogP) is 1.92. The number of carboxylic acids is 1. The molecule has 1 aliphatic rings. The summed E-state index contributed by atoms with van der Waals surface area (Å²) in [5.74, 6) is -1.56. The fourth-order valence-electron chi connectivity index (χ4n) is 2.68. The predicted molar refractivity (Wildman–Crippen MR) is 77.7 cm³/mol. The van der Waals surface area contributed by atoms with Crippen LogP contribution in [0.1, 0.15) is 31.7 Å². The molecule has 0 radical (unpaired) electrons. The summed E-state index contributed by atoms with van der Waals surface area (Å²) in [7, 11) is 0. The average molecular weight is 291 g/mol. The van der Waals surface area contributed by atoms with Crippen LogP contribution in [-0.4, -0.2) is 30.2 Å². The monoisotopic (exact) mass is 291 g/mol. The molecule has 1 saturated heterocycles. The lowest BCUT2D eigenvalue weighted by atomic mass is 9.86. The van der Waals surface area contributed by atoms with Gasteiger partial charge in [-0.15, -0.1) is 0 Å². The van der Waals surface area contributed by atoms with Gasteiger partial charge >= 0.3 is 5.97 Å². The van der Waals surface area contributed by atoms with Crippen LogP contribution in [0.2, 0.25) is 0 Å². The number of hydrogen-bond acceptors (Lipinski definition) is 3. The Labute approximate surface area is 124 Å². The molecule has 114 valence electrons. The van der Waals surface area contributed by atoms with E-state index >= 15 is 0 Å². The third-order valence-electron chi connectivity index (χ3n) is 4.03. The van der Waals surface area contributed by atoms with Gasteiger partial charge in [0, 0.05) is 6.61 Å². The van der Waals surface area contributed by atoms with Crippen molar-refractivity contribution in [3.05, 3.63) is 35.9 Å². The Morgan fingerprint density at radius 1 is 1.38 bits per heavy atom. The zero-order valence-corrected chi connectivity index (χ0v) is 12.2. The van der Waals surface area contributed by atoms with Crippen molar-refractivity contribution < 1.29 is 19.4 Å². The van der Waals surface area contributed by atoms with Gasteiger partial charge in [-0.1, -0.05) is 37.3 Å². The Kier molecular flexibility index (Phi) is 4.96. The number of aliphatic carboxylic acids is 1. The average Bonchev–Trinajstić information content (AvgIpc) is 2.54. The molecule has 1 aliphatic heterocycles. The van der Waals surface area contributed by atoms with E-state index in [0.29, 0.717) is 18.8 Å². The van der Waals surface area contributed by atoms with Gasteiger partial charge in [0.2, 0.25) is 5.91 Å². The lowest BCUT2D eigenvalue weighted by Gasteiger charge is -2.32. The van der Waals surface area contributed by atoms with Crippen molar-refractivity contribution in [3.63, 3.8) is 0 Å². The highest BCUT2D eigenvalue weighted by Crippen LogP contribution is 2.27. The van der Waals surface area contributed by atoms with Crippen LogP contribution in [0, 0.1) is 5.92 Å². The van der Waals surface area contributed by atoms with Crippen LogP contribution in [0.3, 0.4) is 0 Å². The molecule has 0 spiro atoms. The maximum atomic E-state index is 12.4. The first-order valence-electron chi connectivity index (χ1n) is 7.29. The molecule has 2 N–H and O–H groups in total. The first-order valence-corrected chi connectivity index (χ1v) is 7.29. The van der Waals surface area contributed by atoms with Gasteiger partial charge in [-0.25, -0.2) is 4.79 Å². The molecule has 0 bridgehead atoms. The van der Waals surface area contributed by atoms with E-state index in [2.05, 4.69) is 5.32 Å². The summed E-state index contributed by atoms with van der Waals surface area (Å²) in [5, 5.41) is 12.4. The van der Waals surface area contributed by atoms with Gasteiger partial charge in [0.05, 0.1) is 12.5 Å². The second kappa shape index (κ2) is 6.72. The maximum Gasteiger partial charge on any atom is 0.334 e. The quantitative estimate of drug-likeness (QED) is 0.869. The van der Waals surface area contributed by atoms with Gasteiger partial charge in [0.1, 0.15) is 0 Å². The number of hydrogen-bond donors (Lipinski definition) is 2. The third-order valence-corrected chi connectivity index (χ3v) is 4.03. The zero-order valence-electron chi connectivity index (χ0n) is 12.2. The minimum Gasteiger partial charge on any atom is -0.479 e. The van der Waals surface area contributed by atoms with Crippen molar-refractivity contribution in [2.75, 3.05) is 13.2 Å². The molecule has 0 aliphatic carbocycles. The number of benzene rings is 1. The summed E-state index contributed by atoms with van der Waals surface area (Å²) in [6.45, 7) is 2.79. The Morgan fingerprint density at radius 3 is 2.62 bits per heavy atom. The van der Waals surface area contributed by atoms with Crippen LogP contribution in [0.25, 0.3) is 0 Å². The van der Waals surface area contributed by atoms with Crippen LogP contribution in [0.15, 0.2) is 30.3 Å². The molecule has 2 atom stereocenters. The van der Waals surface area contributed by atoms with E-state index in [-0.39, 0.29) is 18.2 Å². The van der Waals surface area contributed by atoms with E-state index in [4.69, 9.17) is 4.74 Å². The Bertz CT molecular complexity index is 496. The number of carboxylic acid groups (broad SMARTS) is 1. The van der Waals surface area contributed by atoms with Crippen LogP contribution < -0.4 is 5.32 Å². The second-order valence-corrected chi connectivity index (χ2v) is 5.33. The van der Waals surface area contributed by atoms with Crippen molar-refractivity contribution in [2.45, 2.75) is 31.7 Å². The fourth-order valence-corrected chi connectivity index (χ4v) is 2.68. The molecule has 5 nitrogen and oxygen atoms in total. The summed E-state index contributed by atoms with van der Waals surface area (Å²) in [4.78, 5) is 24.2. The topological polar surface area (TPSA) is 75.6 Å². The van der Waals surface area contributed by atoms with Crippen LogP contribution in [0.4, 0.5) is 0 Å². The zero-order chi connectivity index (χ0) is 15.3. The number of carbonyl (C=O) groups excluding carboxylic acids is 1. The molecule has 1 heterocycles. The number of amides is 1. The molecule has 1 aromatic rings. The van der Waals surface area contributed by atoms with Crippen LogP contribution in [0.5, 0.6) is 0 Å². The van der Waals surface area contributed by atoms with Gasteiger partial charge in [-0.2, -0.15) is 0 Å². The normalized spacial score (nSPS) is 21.3. The molecule has 1 aromatic carbocycles. The maximum absolute atomic E-state index is 12.4. The molecule has 21 heavy (non-hydrogen) atoms. The van der Waals surface area contributed by atoms with E-state index in [1.54, 1.807) is 31.2 Å². The SMILES string of the molecule is CC[C@](NC(=O)[C@H]1CCCOC1)(C(=O)O)c1ccccc1. The van der Waals surface area contributed by atoms with Crippen LogP contribution in [-0.2, 0) is 19.9 Å². The Balaban J connectivity index is 2.24. The first kappa shape index (κ1) is 15.5. The van der Waals surface area contributed by atoms with Gasteiger partial charge in [0.15, 0.2) is 5.54 Å². The highest BCUT2D eigenvalue weighted by Gasteiger charge is 2.41. The van der Waals surface area contributed by atoms with Crippen LogP contribution >= 0.6 is 0 Å². The second-order valence-electron chi connectivity index (χ2n) is 5.33. The van der Waals surface area contributed by atoms with Crippen molar-refractivity contribution >= 4 is 11.9 Å².